The zero-order valence-corrected chi connectivity index (χ0v) is 18.2. The second-order valence-electron chi connectivity index (χ2n) is 7.85. The SMILES string of the molecule is Cl.O=C(c1ccccc1)C(CC(F)N1CCC(O)(c2cccc(C(F)(F)F)c2)CC1)[N+](=O)[O-]. The average Bonchev–Trinajstić information content (AvgIpc) is 2.77. The molecule has 1 N–H and O–H groups in total. The molecule has 33 heavy (non-hydrogen) atoms. The molecule has 0 amide bonds. The standard InChI is InChI=1S/C22H22F4N2O4.ClH/c23-19(14-18(28(31)32)20(29)15-5-2-1-3-6-15)27-11-9-21(30,10-12-27)16-7-4-8-17(13-16)22(24,25)26;/h1-8,13,18-19,30H,9-12,14H2;1H. The van der Waals surface area contributed by atoms with Gasteiger partial charge in [-0.15, -0.1) is 12.4 Å². The molecule has 0 aromatic heterocycles. The molecule has 0 bridgehead atoms. The molecule has 180 valence electrons. The summed E-state index contributed by atoms with van der Waals surface area (Å²) in [6.07, 6.45) is -7.14. The minimum absolute atomic E-state index is 0. The van der Waals surface area contributed by atoms with Crippen LogP contribution >= 0.6 is 12.4 Å². The highest BCUT2D eigenvalue weighted by Crippen LogP contribution is 2.37. The van der Waals surface area contributed by atoms with Crippen LogP contribution in [0.3, 0.4) is 0 Å². The van der Waals surface area contributed by atoms with E-state index >= 15 is 0 Å². The van der Waals surface area contributed by atoms with Gasteiger partial charge in [0.05, 0.1) is 17.6 Å². The monoisotopic (exact) mass is 490 g/mol. The van der Waals surface area contributed by atoms with E-state index in [4.69, 9.17) is 0 Å². The number of rotatable bonds is 7. The molecule has 1 heterocycles. The lowest BCUT2D eigenvalue weighted by Crippen LogP contribution is -2.47. The fourth-order valence-corrected chi connectivity index (χ4v) is 3.86. The smallest absolute Gasteiger partial charge is 0.385 e. The van der Waals surface area contributed by atoms with Crippen molar-refractivity contribution < 1.29 is 32.4 Å². The van der Waals surface area contributed by atoms with E-state index in [1.165, 1.54) is 29.2 Å². The Balaban J connectivity index is 0.00000385. The van der Waals surface area contributed by atoms with E-state index in [0.29, 0.717) is 0 Å². The van der Waals surface area contributed by atoms with Gasteiger partial charge in [0.25, 0.3) is 6.04 Å². The van der Waals surface area contributed by atoms with Crippen LogP contribution in [-0.4, -0.2) is 46.1 Å². The number of ketones is 1. The van der Waals surface area contributed by atoms with Crippen LogP contribution in [0.15, 0.2) is 54.6 Å². The largest absolute Gasteiger partial charge is 0.416 e. The molecule has 2 aromatic rings. The molecule has 1 aliphatic heterocycles. The van der Waals surface area contributed by atoms with Gasteiger partial charge >= 0.3 is 6.18 Å². The summed E-state index contributed by atoms with van der Waals surface area (Å²) in [6.45, 7) is -0.0598. The quantitative estimate of drug-likeness (QED) is 0.201. The highest BCUT2D eigenvalue weighted by molar-refractivity contribution is 5.99. The van der Waals surface area contributed by atoms with Crippen LogP contribution < -0.4 is 0 Å². The van der Waals surface area contributed by atoms with Crippen molar-refractivity contribution in [2.75, 3.05) is 13.1 Å². The van der Waals surface area contributed by atoms with Gasteiger partial charge in [0.1, 0.15) is 0 Å². The van der Waals surface area contributed by atoms with Crippen molar-refractivity contribution >= 4 is 18.2 Å². The Hall–Kier alpha value is -2.56. The Labute approximate surface area is 193 Å². The minimum atomic E-state index is -4.56. The van der Waals surface area contributed by atoms with E-state index in [2.05, 4.69) is 0 Å². The Morgan fingerprint density at radius 3 is 2.27 bits per heavy atom. The third-order valence-electron chi connectivity index (χ3n) is 5.78. The lowest BCUT2D eigenvalue weighted by Gasteiger charge is -2.40. The summed E-state index contributed by atoms with van der Waals surface area (Å²) < 4.78 is 53.8. The van der Waals surface area contributed by atoms with Gasteiger partial charge in [-0.3, -0.25) is 19.8 Å². The van der Waals surface area contributed by atoms with Crippen LogP contribution in [0.2, 0.25) is 0 Å². The fourth-order valence-electron chi connectivity index (χ4n) is 3.86. The van der Waals surface area contributed by atoms with Gasteiger partial charge < -0.3 is 5.11 Å². The van der Waals surface area contributed by atoms with Gasteiger partial charge in [-0.05, 0) is 30.5 Å². The van der Waals surface area contributed by atoms with Crippen molar-refractivity contribution in [2.45, 2.75) is 43.4 Å². The molecule has 6 nitrogen and oxygen atoms in total. The number of hydrogen-bond donors (Lipinski definition) is 1. The topological polar surface area (TPSA) is 83.7 Å². The first-order valence-corrected chi connectivity index (χ1v) is 10.0. The maximum absolute atomic E-state index is 14.9. The number of benzene rings is 2. The van der Waals surface area contributed by atoms with Gasteiger partial charge in [0, 0.05) is 23.6 Å². The molecule has 0 radical (unpaired) electrons. The van der Waals surface area contributed by atoms with Crippen molar-refractivity contribution in [3.8, 4) is 0 Å². The van der Waals surface area contributed by atoms with Gasteiger partial charge in [0.15, 0.2) is 6.30 Å². The average molecular weight is 491 g/mol. The van der Waals surface area contributed by atoms with Crippen molar-refractivity contribution in [2.24, 2.45) is 0 Å². The van der Waals surface area contributed by atoms with Crippen LogP contribution in [0.25, 0.3) is 0 Å². The number of carbonyl (C=O) groups is 1. The Morgan fingerprint density at radius 1 is 1.12 bits per heavy atom. The summed E-state index contributed by atoms with van der Waals surface area (Å²) in [5, 5.41) is 22.3. The molecule has 1 saturated heterocycles. The molecule has 2 aromatic carbocycles. The second-order valence-corrected chi connectivity index (χ2v) is 7.85. The molecular weight excluding hydrogens is 468 g/mol. The molecule has 0 aliphatic carbocycles. The van der Waals surface area contributed by atoms with E-state index in [-0.39, 0.29) is 49.5 Å². The van der Waals surface area contributed by atoms with Crippen LogP contribution in [-0.2, 0) is 11.8 Å². The summed E-state index contributed by atoms with van der Waals surface area (Å²) >= 11 is 0. The number of likely N-dealkylation sites (tertiary alicyclic amines) is 1. The third-order valence-corrected chi connectivity index (χ3v) is 5.78. The second kappa shape index (κ2) is 10.6. The number of nitro groups is 1. The predicted octanol–water partition coefficient (Wildman–Crippen LogP) is 4.62. The highest BCUT2D eigenvalue weighted by atomic mass is 35.5. The van der Waals surface area contributed by atoms with Gasteiger partial charge in [0.2, 0.25) is 5.78 Å². The lowest BCUT2D eigenvalue weighted by molar-refractivity contribution is -0.508. The van der Waals surface area contributed by atoms with Gasteiger partial charge in [-0.2, -0.15) is 13.2 Å². The predicted molar refractivity (Wildman–Crippen MR) is 114 cm³/mol. The van der Waals surface area contributed by atoms with Crippen molar-refractivity contribution in [1.29, 1.82) is 0 Å². The Kier molecular flexibility index (Phi) is 8.56. The Bertz CT molecular complexity index is 966. The van der Waals surface area contributed by atoms with E-state index in [1.807, 2.05) is 0 Å². The van der Waals surface area contributed by atoms with Crippen LogP contribution in [0, 0.1) is 10.1 Å². The molecule has 11 heteroatoms. The van der Waals surface area contributed by atoms with Crippen molar-refractivity contribution in [3.05, 3.63) is 81.4 Å². The number of hydrogen-bond acceptors (Lipinski definition) is 5. The number of Topliss-reactive ketones (excluding diaryl/α,β-unsaturated/α-hetero) is 1. The van der Waals surface area contributed by atoms with Crippen molar-refractivity contribution in [3.63, 3.8) is 0 Å². The Morgan fingerprint density at radius 2 is 1.73 bits per heavy atom. The number of carbonyl (C=O) groups excluding carboxylic acids is 1. The van der Waals surface area contributed by atoms with E-state index in [9.17, 15) is 37.6 Å². The third kappa shape index (κ3) is 6.27. The molecule has 3 rings (SSSR count). The van der Waals surface area contributed by atoms with Gasteiger partial charge in [-0.1, -0.05) is 42.5 Å². The summed E-state index contributed by atoms with van der Waals surface area (Å²) in [7, 11) is 0. The molecule has 1 aliphatic rings. The van der Waals surface area contributed by atoms with Crippen LogP contribution in [0.4, 0.5) is 17.6 Å². The van der Waals surface area contributed by atoms with E-state index in [0.717, 1.165) is 12.1 Å². The summed E-state index contributed by atoms with van der Waals surface area (Å²) in [4.78, 5) is 24.3. The number of alkyl halides is 4. The zero-order valence-electron chi connectivity index (χ0n) is 17.4. The number of halogens is 5. The van der Waals surface area contributed by atoms with E-state index < -0.39 is 46.8 Å². The first kappa shape index (κ1) is 26.7. The summed E-state index contributed by atoms with van der Waals surface area (Å²) in [5.74, 6) is -0.796. The number of aliphatic hydroxyl groups is 1. The highest BCUT2D eigenvalue weighted by Gasteiger charge is 2.41. The first-order chi connectivity index (χ1) is 15.0. The minimum Gasteiger partial charge on any atom is -0.385 e. The normalized spacial score (nSPS) is 18.1. The van der Waals surface area contributed by atoms with Gasteiger partial charge in [-0.25, -0.2) is 4.39 Å². The molecule has 0 saturated carbocycles. The lowest BCUT2D eigenvalue weighted by atomic mass is 9.83. The maximum atomic E-state index is 14.9. The van der Waals surface area contributed by atoms with E-state index in [1.54, 1.807) is 18.2 Å². The molecular formula is C22H23ClF4N2O4. The molecule has 2 unspecified atom stereocenters. The molecule has 1 fully saturated rings. The summed E-state index contributed by atoms with van der Waals surface area (Å²) in [5.41, 5.74) is -2.26. The van der Waals surface area contributed by atoms with Crippen LogP contribution in [0.5, 0.6) is 0 Å². The zero-order chi connectivity index (χ0) is 23.5. The number of nitrogens with zero attached hydrogens (tertiary/aromatic N) is 2. The van der Waals surface area contributed by atoms with Crippen LogP contribution in [0.1, 0.15) is 40.7 Å². The number of piperidine rings is 1. The molecule has 0 spiro atoms. The molecule has 2 atom stereocenters. The summed E-state index contributed by atoms with van der Waals surface area (Å²) in [6, 6.07) is 10.2. The van der Waals surface area contributed by atoms with Crippen molar-refractivity contribution in [1.82, 2.24) is 4.90 Å². The first-order valence-electron chi connectivity index (χ1n) is 10.0. The maximum Gasteiger partial charge on any atom is 0.416 e. The fraction of sp³-hybridized carbons (Fsp3) is 0.409.